The number of rotatable bonds is 5. The van der Waals surface area contributed by atoms with Gasteiger partial charge in [-0.1, -0.05) is 23.2 Å². The third kappa shape index (κ3) is 3.29. The van der Waals surface area contributed by atoms with E-state index in [1.807, 2.05) is 0 Å². The highest BCUT2D eigenvalue weighted by Crippen LogP contribution is 2.36. The van der Waals surface area contributed by atoms with Crippen LogP contribution in [-0.4, -0.2) is 46.1 Å². The molecule has 1 atom stereocenters. The fraction of sp³-hybridized carbons (Fsp3) is 0.538. The summed E-state index contributed by atoms with van der Waals surface area (Å²) in [5.74, 6) is 0.343. The van der Waals surface area contributed by atoms with Gasteiger partial charge in [-0.3, -0.25) is 0 Å². The van der Waals surface area contributed by atoms with Gasteiger partial charge in [0, 0.05) is 25.8 Å². The molecule has 1 saturated heterocycles. The van der Waals surface area contributed by atoms with Gasteiger partial charge in [0.15, 0.2) is 0 Å². The Hall–Kier alpha value is -0.530. The highest BCUT2D eigenvalue weighted by Gasteiger charge is 2.36. The van der Waals surface area contributed by atoms with E-state index in [1.54, 1.807) is 7.11 Å². The Bertz CT molecular complexity index is 621. The lowest BCUT2D eigenvalue weighted by atomic mass is 10.2. The summed E-state index contributed by atoms with van der Waals surface area (Å²) in [4.78, 5) is -0.00188. The van der Waals surface area contributed by atoms with Crippen LogP contribution >= 0.6 is 23.2 Å². The molecule has 1 heterocycles. The van der Waals surface area contributed by atoms with Gasteiger partial charge in [-0.15, -0.1) is 0 Å². The molecule has 0 N–H and O–H groups in total. The Morgan fingerprint density at radius 2 is 2.00 bits per heavy atom. The minimum absolute atomic E-state index is 0.00188. The van der Waals surface area contributed by atoms with Gasteiger partial charge in [-0.2, -0.15) is 4.31 Å². The normalized spacial score (nSPS) is 19.9. The number of methoxy groups -OCH3 is 2. The van der Waals surface area contributed by atoms with E-state index in [2.05, 4.69) is 0 Å². The standard InChI is InChI=1S/C13H17Cl2NO4S/c1-19-8-9-4-3-5-16(9)21(17,18)13-7-10(14)12(20-2)6-11(13)15/h6-7,9H,3-5,8H2,1-2H3/t9-/m0/s1. The molecule has 1 aromatic rings. The largest absolute Gasteiger partial charge is 0.495 e. The van der Waals surface area contributed by atoms with Crippen molar-refractivity contribution >= 4 is 33.2 Å². The molecule has 1 fully saturated rings. The van der Waals surface area contributed by atoms with Crippen molar-refractivity contribution in [2.24, 2.45) is 0 Å². The summed E-state index contributed by atoms with van der Waals surface area (Å²) in [6.45, 7) is 0.817. The fourth-order valence-corrected chi connectivity index (χ4v) is 4.98. The summed E-state index contributed by atoms with van der Waals surface area (Å²) in [5, 5.41) is 0.308. The minimum atomic E-state index is -3.71. The number of halogens is 2. The quantitative estimate of drug-likeness (QED) is 0.816. The molecule has 2 rings (SSSR count). The highest BCUT2D eigenvalue weighted by atomic mass is 35.5. The Morgan fingerprint density at radius 3 is 2.62 bits per heavy atom. The predicted octanol–water partition coefficient (Wildman–Crippen LogP) is 2.80. The van der Waals surface area contributed by atoms with Crippen LogP contribution < -0.4 is 4.74 Å². The topological polar surface area (TPSA) is 55.8 Å². The second kappa shape index (κ2) is 6.71. The lowest BCUT2D eigenvalue weighted by Crippen LogP contribution is -2.38. The van der Waals surface area contributed by atoms with E-state index in [0.29, 0.717) is 18.9 Å². The first-order valence-electron chi connectivity index (χ1n) is 6.45. The number of ether oxygens (including phenoxy) is 2. The zero-order chi connectivity index (χ0) is 15.6. The second-order valence-electron chi connectivity index (χ2n) is 4.78. The maximum absolute atomic E-state index is 12.8. The molecule has 0 radical (unpaired) electrons. The molecule has 0 amide bonds. The van der Waals surface area contributed by atoms with Crippen LogP contribution in [0.3, 0.4) is 0 Å². The average Bonchev–Trinajstić information content (AvgIpc) is 2.90. The molecule has 21 heavy (non-hydrogen) atoms. The summed E-state index contributed by atoms with van der Waals surface area (Å²) < 4.78 is 37.1. The first-order chi connectivity index (χ1) is 9.91. The molecule has 0 aromatic heterocycles. The van der Waals surface area contributed by atoms with Crippen LogP contribution in [-0.2, 0) is 14.8 Å². The van der Waals surface area contributed by atoms with E-state index in [1.165, 1.54) is 23.5 Å². The maximum atomic E-state index is 12.8. The van der Waals surface area contributed by atoms with Crippen LogP contribution in [0.1, 0.15) is 12.8 Å². The van der Waals surface area contributed by atoms with Crippen LogP contribution in [0.15, 0.2) is 17.0 Å². The van der Waals surface area contributed by atoms with E-state index < -0.39 is 10.0 Å². The number of nitrogens with zero attached hydrogens (tertiary/aromatic N) is 1. The van der Waals surface area contributed by atoms with Crippen molar-refractivity contribution in [3.63, 3.8) is 0 Å². The van der Waals surface area contributed by atoms with Crippen molar-refractivity contribution in [3.05, 3.63) is 22.2 Å². The zero-order valence-corrected chi connectivity index (χ0v) is 14.1. The Kier molecular flexibility index (Phi) is 5.38. The van der Waals surface area contributed by atoms with Crippen LogP contribution in [0, 0.1) is 0 Å². The third-order valence-corrected chi connectivity index (χ3v) is 6.19. The van der Waals surface area contributed by atoms with Crippen molar-refractivity contribution in [1.29, 1.82) is 0 Å². The van der Waals surface area contributed by atoms with Crippen LogP contribution in [0.5, 0.6) is 5.75 Å². The van der Waals surface area contributed by atoms with Gasteiger partial charge in [0.25, 0.3) is 0 Å². The molecule has 0 bridgehead atoms. The van der Waals surface area contributed by atoms with Gasteiger partial charge in [0.1, 0.15) is 10.6 Å². The van der Waals surface area contributed by atoms with Gasteiger partial charge in [-0.25, -0.2) is 8.42 Å². The molecule has 118 valence electrons. The van der Waals surface area contributed by atoms with Gasteiger partial charge in [0.05, 0.1) is 23.8 Å². The molecule has 1 aliphatic heterocycles. The summed E-state index contributed by atoms with van der Waals surface area (Å²) in [7, 11) is -0.706. The molecule has 1 aliphatic rings. The van der Waals surface area contributed by atoms with Gasteiger partial charge in [-0.05, 0) is 18.9 Å². The van der Waals surface area contributed by atoms with Crippen molar-refractivity contribution in [3.8, 4) is 5.75 Å². The number of benzene rings is 1. The van der Waals surface area contributed by atoms with Gasteiger partial charge in [0.2, 0.25) is 10.0 Å². The summed E-state index contributed by atoms with van der Waals surface area (Å²) in [6.07, 6.45) is 1.57. The molecule has 0 spiro atoms. The van der Waals surface area contributed by atoms with Crippen molar-refractivity contribution in [2.45, 2.75) is 23.8 Å². The predicted molar refractivity (Wildman–Crippen MR) is 81.8 cm³/mol. The maximum Gasteiger partial charge on any atom is 0.244 e. The first kappa shape index (κ1) is 16.8. The van der Waals surface area contributed by atoms with E-state index >= 15 is 0 Å². The van der Waals surface area contributed by atoms with Crippen LogP contribution in [0.25, 0.3) is 0 Å². The molecular formula is C13H17Cl2NO4S. The molecule has 8 heteroatoms. The Labute approximate surface area is 134 Å². The van der Waals surface area contributed by atoms with E-state index in [9.17, 15) is 8.42 Å². The van der Waals surface area contributed by atoms with Crippen molar-refractivity contribution < 1.29 is 17.9 Å². The number of sulfonamides is 1. The lowest BCUT2D eigenvalue weighted by Gasteiger charge is -2.24. The minimum Gasteiger partial charge on any atom is -0.495 e. The molecular weight excluding hydrogens is 337 g/mol. The van der Waals surface area contributed by atoms with Crippen molar-refractivity contribution in [1.82, 2.24) is 4.31 Å². The van der Waals surface area contributed by atoms with Gasteiger partial charge < -0.3 is 9.47 Å². The number of hydrogen-bond donors (Lipinski definition) is 0. The third-order valence-electron chi connectivity index (χ3n) is 3.48. The van der Waals surface area contributed by atoms with Crippen molar-refractivity contribution in [2.75, 3.05) is 27.4 Å². The van der Waals surface area contributed by atoms with E-state index in [-0.39, 0.29) is 21.0 Å². The fourth-order valence-electron chi connectivity index (χ4n) is 2.48. The average molecular weight is 354 g/mol. The Balaban J connectivity index is 2.42. The highest BCUT2D eigenvalue weighted by molar-refractivity contribution is 7.89. The monoisotopic (exact) mass is 353 g/mol. The van der Waals surface area contributed by atoms with Gasteiger partial charge >= 0.3 is 0 Å². The Morgan fingerprint density at radius 1 is 1.29 bits per heavy atom. The SMILES string of the molecule is COC[C@@H]1CCCN1S(=O)(=O)c1cc(Cl)c(OC)cc1Cl. The van der Waals surface area contributed by atoms with Crippen LogP contribution in [0.4, 0.5) is 0 Å². The van der Waals surface area contributed by atoms with E-state index in [0.717, 1.165) is 12.8 Å². The molecule has 0 unspecified atom stereocenters. The molecule has 0 aliphatic carbocycles. The smallest absolute Gasteiger partial charge is 0.244 e. The lowest BCUT2D eigenvalue weighted by molar-refractivity contribution is 0.149. The molecule has 1 aromatic carbocycles. The molecule has 5 nitrogen and oxygen atoms in total. The summed E-state index contributed by atoms with van der Waals surface area (Å²) >= 11 is 12.1. The summed E-state index contributed by atoms with van der Waals surface area (Å²) in [6, 6.07) is 2.58. The van der Waals surface area contributed by atoms with E-state index in [4.69, 9.17) is 32.7 Å². The first-order valence-corrected chi connectivity index (χ1v) is 8.65. The van der Waals surface area contributed by atoms with Crippen LogP contribution in [0.2, 0.25) is 10.0 Å². The summed E-state index contributed by atoms with van der Waals surface area (Å²) in [5.41, 5.74) is 0. The zero-order valence-electron chi connectivity index (χ0n) is 11.8. The molecule has 0 saturated carbocycles. The second-order valence-corrected chi connectivity index (χ2v) is 7.46. The number of hydrogen-bond acceptors (Lipinski definition) is 4.